The van der Waals surface area contributed by atoms with Crippen LogP contribution in [0.25, 0.3) is 0 Å². The molecule has 2 fully saturated rings. The Kier molecular flexibility index (Phi) is 2.35. The number of aliphatic hydroxyl groups excluding tert-OH is 2. The van der Waals surface area contributed by atoms with Gasteiger partial charge in [0.1, 0.15) is 0 Å². The van der Waals surface area contributed by atoms with Gasteiger partial charge in [-0.25, -0.2) is 0 Å². The van der Waals surface area contributed by atoms with Crippen molar-refractivity contribution in [1.29, 1.82) is 0 Å². The van der Waals surface area contributed by atoms with Crippen molar-refractivity contribution < 1.29 is 10.2 Å². The first-order chi connectivity index (χ1) is 5.81. The first-order valence-corrected chi connectivity index (χ1v) is 4.82. The second-order valence-corrected chi connectivity index (χ2v) is 4.05. The Labute approximate surface area is 73.0 Å². The molecule has 1 saturated heterocycles. The van der Waals surface area contributed by atoms with Gasteiger partial charge in [0.2, 0.25) is 0 Å². The standard InChI is InChI=1S/C9H17NO2/c11-4-3-10-5-7-1-2-9(12)8(7)6-10/h7-9,11-12H,1-6H2. The molecule has 0 aromatic heterocycles. The van der Waals surface area contributed by atoms with Gasteiger partial charge in [0.05, 0.1) is 12.7 Å². The third-order valence-electron chi connectivity index (χ3n) is 3.31. The molecule has 12 heavy (non-hydrogen) atoms. The Morgan fingerprint density at radius 1 is 1.25 bits per heavy atom. The molecule has 3 nitrogen and oxygen atoms in total. The van der Waals surface area contributed by atoms with E-state index >= 15 is 0 Å². The van der Waals surface area contributed by atoms with Gasteiger partial charge in [0.25, 0.3) is 0 Å². The first-order valence-electron chi connectivity index (χ1n) is 4.82. The largest absolute Gasteiger partial charge is 0.395 e. The maximum Gasteiger partial charge on any atom is 0.0583 e. The molecule has 3 unspecified atom stereocenters. The molecule has 0 aromatic carbocycles. The van der Waals surface area contributed by atoms with Crippen molar-refractivity contribution in [3.05, 3.63) is 0 Å². The van der Waals surface area contributed by atoms with Gasteiger partial charge in [-0.1, -0.05) is 0 Å². The smallest absolute Gasteiger partial charge is 0.0583 e. The van der Waals surface area contributed by atoms with E-state index in [-0.39, 0.29) is 12.7 Å². The third kappa shape index (κ3) is 1.37. The van der Waals surface area contributed by atoms with E-state index in [9.17, 15) is 5.11 Å². The zero-order valence-electron chi connectivity index (χ0n) is 7.32. The highest BCUT2D eigenvalue weighted by molar-refractivity contribution is 4.93. The summed E-state index contributed by atoms with van der Waals surface area (Å²) in [6.45, 7) is 3.10. The number of β-amino-alcohol motifs (C(OH)–C–C–N with tert-alkyl or cyclic N) is 1. The van der Waals surface area contributed by atoms with Crippen molar-refractivity contribution in [2.75, 3.05) is 26.2 Å². The lowest BCUT2D eigenvalue weighted by Gasteiger charge is -2.15. The van der Waals surface area contributed by atoms with Crippen LogP contribution in [0.1, 0.15) is 12.8 Å². The van der Waals surface area contributed by atoms with Crippen LogP contribution < -0.4 is 0 Å². The molecule has 3 heteroatoms. The molecule has 0 radical (unpaired) electrons. The van der Waals surface area contributed by atoms with Crippen LogP contribution in [0.4, 0.5) is 0 Å². The fourth-order valence-corrected chi connectivity index (χ4v) is 2.65. The van der Waals surface area contributed by atoms with Gasteiger partial charge >= 0.3 is 0 Å². The molecule has 2 aliphatic rings. The van der Waals surface area contributed by atoms with Crippen molar-refractivity contribution in [3.63, 3.8) is 0 Å². The van der Waals surface area contributed by atoms with Crippen molar-refractivity contribution in [2.24, 2.45) is 11.8 Å². The second kappa shape index (κ2) is 3.32. The fourth-order valence-electron chi connectivity index (χ4n) is 2.65. The summed E-state index contributed by atoms with van der Waals surface area (Å²) in [5.74, 6) is 1.20. The Hall–Kier alpha value is -0.120. The highest BCUT2D eigenvalue weighted by atomic mass is 16.3. The average molecular weight is 171 g/mol. The minimum absolute atomic E-state index is 0.0707. The number of fused-ring (bicyclic) bond motifs is 1. The van der Waals surface area contributed by atoms with Crippen LogP contribution in [0.5, 0.6) is 0 Å². The van der Waals surface area contributed by atoms with Gasteiger partial charge in [-0.15, -0.1) is 0 Å². The van der Waals surface area contributed by atoms with Crippen LogP contribution in [0.15, 0.2) is 0 Å². The van der Waals surface area contributed by atoms with Crippen molar-refractivity contribution >= 4 is 0 Å². The number of hydrogen-bond donors (Lipinski definition) is 2. The number of nitrogens with zero attached hydrogens (tertiary/aromatic N) is 1. The van der Waals surface area contributed by atoms with E-state index in [4.69, 9.17) is 5.11 Å². The molecule has 0 bridgehead atoms. The molecule has 2 N–H and O–H groups in total. The molecule has 1 saturated carbocycles. The van der Waals surface area contributed by atoms with Gasteiger partial charge < -0.3 is 15.1 Å². The highest BCUT2D eigenvalue weighted by Crippen LogP contribution is 2.37. The molecule has 2 rings (SSSR count). The van der Waals surface area contributed by atoms with Crippen LogP contribution in [0.3, 0.4) is 0 Å². The topological polar surface area (TPSA) is 43.7 Å². The van der Waals surface area contributed by atoms with E-state index in [1.54, 1.807) is 0 Å². The lowest BCUT2D eigenvalue weighted by molar-refractivity contribution is 0.121. The van der Waals surface area contributed by atoms with E-state index in [0.29, 0.717) is 11.8 Å². The van der Waals surface area contributed by atoms with Crippen LogP contribution in [0, 0.1) is 11.8 Å². The van der Waals surface area contributed by atoms with Crippen LogP contribution in [-0.2, 0) is 0 Å². The van der Waals surface area contributed by atoms with Crippen LogP contribution in [-0.4, -0.2) is 47.5 Å². The number of rotatable bonds is 2. The summed E-state index contributed by atoms with van der Waals surface area (Å²) < 4.78 is 0. The van der Waals surface area contributed by atoms with Crippen LogP contribution in [0.2, 0.25) is 0 Å². The highest BCUT2D eigenvalue weighted by Gasteiger charge is 2.41. The number of aliphatic hydroxyl groups is 2. The quantitative estimate of drug-likeness (QED) is 0.598. The maximum absolute atomic E-state index is 9.60. The number of hydrogen-bond acceptors (Lipinski definition) is 3. The normalized spacial score (nSPS) is 42.0. The molecular formula is C9H17NO2. The summed E-state index contributed by atoms with van der Waals surface area (Å²) >= 11 is 0. The van der Waals surface area contributed by atoms with Crippen molar-refractivity contribution in [2.45, 2.75) is 18.9 Å². The van der Waals surface area contributed by atoms with E-state index in [1.807, 2.05) is 0 Å². The molecule has 0 spiro atoms. The molecule has 0 aromatic rings. The van der Waals surface area contributed by atoms with Gasteiger partial charge in [-0.05, 0) is 18.8 Å². The van der Waals surface area contributed by atoms with Gasteiger partial charge in [0.15, 0.2) is 0 Å². The van der Waals surface area contributed by atoms with Crippen molar-refractivity contribution in [1.82, 2.24) is 4.90 Å². The lowest BCUT2D eigenvalue weighted by atomic mass is 10.00. The van der Waals surface area contributed by atoms with Gasteiger partial charge in [-0.2, -0.15) is 0 Å². The molecule has 3 atom stereocenters. The van der Waals surface area contributed by atoms with Crippen LogP contribution >= 0.6 is 0 Å². The Morgan fingerprint density at radius 2 is 2.08 bits per heavy atom. The number of likely N-dealkylation sites (tertiary alicyclic amines) is 1. The molecule has 1 aliphatic carbocycles. The third-order valence-corrected chi connectivity index (χ3v) is 3.31. The minimum atomic E-state index is -0.0707. The molecule has 1 heterocycles. The zero-order chi connectivity index (χ0) is 8.55. The monoisotopic (exact) mass is 171 g/mol. The summed E-state index contributed by atoms with van der Waals surface area (Å²) in [5.41, 5.74) is 0. The second-order valence-electron chi connectivity index (χ2n) is 4.05. The Morgan fingerprint density at radius 3 is 2.75 bits per heavy atom. The molecule has 0 amide bonds. The van der Waals surface area contributed by atoms with E-state index in [0.717, 1.165) is 26.1 Å². The molecular weight excluding hydrogens is 154 g/mol. The summed E-state index contributed by atoms with van der Waals surface area (Å²) in [7, 11) is 0. The zero-order valence-corrected chi connectivity index (χ0v) is 7.32. The first kappa shape index (κ1) is 8.48. The molecule has 1 aliphatic heterocycles. The summed E-state index contributed by atoms with van der Waals surface area (Å²) in [6.07, 6.45) is 2.09. The Bertz CT molecular complexity index is 163. The van der Waals surface area contributed by atoms with E-state index in [1.165, 1.54) is 6.42 Å². The van der Waals surface area contributed by atoms with Gasteiger partial charge in [0, 0.05) is 25.6 Å². The molecule has 70 valence electrons. The maximum atomic E-state index is 9.60. The fraction of sp³-hybridized carbons (Fsp3) is 1.00. The summed E-state index contributed by atoms with van der Waals surface area (Å²) in [6, 6.07) is 0. The average Bonchev–Trinajstić information content (AvgIpc) is 2.55. The van der Waals surface area contributed by atoms with E-state index in [2.05, 4.69) is 4.90 Å². The van der Waals surface area contributed by atoms with E-state index < -0.39 is 0 Å². The lowest BCUT2D eigenvalue weighted by Crippen LogP contribution is -2.27. The minimum Gasteiger partial charge on any atom is -0.395 e. The predicted molar refractivity (Wildman–Crippen MR) is 45.7 cm³/mol. The Balaban J connectivity index is 1.90. The van der Waals surface area contributed by atoms with Gasteiger partial charge in [-0.3, -0.25) is 0 Å². The summed E-state index contributed by atoms with van der Waals surface area (Å²) in [4.78, 5) is 2.26. The predicted octanol–water partition coefficient (Wildman–Crippen LogP) is -0.319. The summed E-state index contributed by atoms with van der Waals surface area (Å²) in [5, 5.41) is 18.3. The van der Waals surface area contributed by atoms with Crippen molar-refractivity contribution in [3.8, 4) is 0 Å². The SMILES string of the molecule is OCCN1CC2CCC(O)C2C1.